The Bertz CT molecular complexity index is 510. The van der Waals surface area contributed by atoms with E-state index in [1.54, 1.807) is 0 Å². The van der Waals surface area contributed by atoms with Crippen molar-refractivity contribution >= 4 is 9.84 Å². The fourth-order valence-electron chi connectivity index (χ4n) is 1.52. The van der Waals surface area contributed by atoms with Gasteiger partial charge in [-0.05, 0) is 27.2 Å². The van der Waals surface area contributed by atoms with E-state index in [0.717, 1.165) is 6.26 Å². The first-order chi connectivity index (χ1) is 8.65. The van der Waals surface area contributed by atoms with Crippen LogP contribution in [0.15, 0.2) is 4.52 Å². The Morgan fingerprint density at radius 1 is 1.47 bits per heavy atom. The Hall–Kier alpha value is -0.990. The van der Waals surface area contributed by atoms with Crippen LogP contribution in [0.4, 0.5) is 0 Å². The maximum atomic E-state index is 11.1. The van der Waals surface area contributed by atoms with E-state index in [9.17, 15) is 8.42 Å². The molecule has 0 spiro atoms. The molecule has 0 aliphatic carbocycles. The van der Waals surface area contributed by atoms with Crippen molar-refractivity contribution in [1.82, 2.24) is 10.1 Å². The quantitative estimate of drug-likeness (QED) is 0.790. The summed E-state index contributed by atoms with van der Waals surface area (Å²) in [7, 11) is -3.05. The second-order valence-corrected chi connectivity index (χ2v) is 7.18. The first kappa shape index (κ1) is 16.1. The molecule has 110 valence electrons. The number of nitrogens with two attached hydrogens (primary N) is 1. The zero-order valence-corrected chi connectivity index (χ0v) is 12.5. The first-order valence-corrected chi connectivity index (χ1v) is 8.13. The molecule has 0 amide bonds. The van der Waals surface area contributed by atoms with Crippen LogP contribution in [0.25, 0.3) is 0 Å². The van der Waals surface area contributed by atoms with Crippen LogP contribution in [0.1, 0.15) is 44.9 Å². The number of nitrogens with zero attached hydrogens (tertiary/aromatic N) is 2. The maximum absolute atomic E-state index is 11.1. The van der Waals surface area contributed by atoms with Crippen LogP contribution in [-0.4, -0.2) is 37.2 Å². The lowest BCUT2D eigenvalue weighted by Crippen LogP contribution is -2.23. The molecule has 0 saturated carbocycles. The Morgan fingerprint density at radius 3 is 2.63 bits per heavy atom. The van der Waals surface area contributed by atoms with Crippen molar-refractivity contribution in [1.29, 1.82) is 0 Å². The molecule has 8 heteroatoms. The van der Waals surface area contributed by atoms with Crippen LogP contribution in [0.2, 0.25) is 0 Å². The van der Waals surface area contributed by atoms with Gasteiger partial charge in [0.1, 0.15) is 15.4 Å². The summed E-state index contributed by atoms with van der Waals surface area (Å²) in [4.78, 5) is 4.18. The highest BCUT2D eigenvalue weighted by Gasteiger charge is 2.28. The Labute approximate surface area is 113 Å². The minimum Gasteiger partial charge on any atom is -0.368 e. The number of rotatable bonds is 7. The van der Waals surface area contributed by atoms with E-state index in [4.69, 9.17) is 15.0 Å². The van der Waals surface area contributed by atoms with Crippen LogP contribution < -0.4 is 5.73 Å². The summed E-state index contributed by atoms with van der Waals surface area (Å²) in [5, 5.41) is 3.83. The van der Waals surface area contributed by atoms with E-state index in [1.165, 1.54) is 0 Å². The molecule has 1 heterocycles. The highest BCUT2D eigenvalue weighted by Crippen LogP contribution is 2.23. The summed E-state index contributed by atoms with van der Waals surface area (Å²) in [6.45, 7) is 6.05. The number of ether oxygens (including phenoxy) is 1. The van der Waals surface area contributed by atoms with Crippen molar-refractivity contribution in [3.05, 3.63) is 11.7 Å². The highest BCUT2D eigenvalue weighted by molar-refractivity contribution is 7.90. The second kappa shape index (κ2) is 5.98. The number of hydrogen-bond donors (Lipinski definition) is 1. The fraction of sp³-hybridized carbons (Fsp3) is 0.818. The van der Waals surface area contributed by atoms with Crippen molar-refractivity contribution in [2.75, 3.05) is 18.6 Å². The van der Waals surface area contributed by atoms with Gasteiger partial charge in [-0.2, -0.15) is 4.98 Å². The van der Waals surface area contributed by atoms with Gasteiger partial charge in [0.25, 0.3) is 0 Å². The monoisotopic (exact) mass is 291 g/mol. The highest BCUT2D eigenvalue weighted by atomic mass is 32.2. The third kappa shape index (κ3) is 4.88. The minimum absolute atomic E-state index is 0.0132. The summed E-state index contributed by atoms with van der Waals surface area (Å²) in [6, 6.07) is -0.589. The largest absolute Gasteiger partial charge is 0.368 e. The Balaban J connectivity index is 2.74. The molecule has 0 radical (unpaired) electrons. The topological polar surface area (TPSA) is 108 Å². The van der Waals surface area contributed by atoms with E-state index < -0.39 is 21.5 Å². The zero-order valence-electron chi connectivity index (χ0n) is 11.7. The van der Waals surface area contributed by atoms with Crippen LogP contribution in [-0.2, 0) is 20.2 Å². The number of hydrogen-bond acceptors (Lipinski definition) is 7. The van der Waals surface area contributed by atoms with Crippen LogP contribution >= 0.6 is 0 Å². The van der Waals surface area contributed by atoms with E-state index in [1.807, 2.05) is 20.8 Å². The maximum Gasteiger partial charge on any atom is 0.243 e. The Morgan fingerprint density at radius 2 is 2.11 bits per heavy atom. The van der Waals surface area contributed by atoms with Gasteiger partial charge in [0.05, 0.1) is 11.8 Å². The lowest BCUT2D eigenvalue weighted by molar-refractivity contribution is -0.0221. The Kier molecular flexibility index (Phi) is 5.05. The first-order valence-electron chi connectivity index (χ1n) is 6.07. The molecule has 0 fully saturated rings. The summed E-state index contributed by atoms with van der Waals surface area (Å²) >= 11 is 0. The molecule has 1 atom stereocenters. The van der Waals surface area contributed by atoms with Gasteiger partial charge in [0.2, 0.25) is 11.7 Å². The van der Waals surface area contributed by atoms with Gasteiger partial charge in [-0.15, -0.1) is 0 Å². The van der Waals surface area contributed by atoms with Crippen molar-refractivity contribution in [3.8, 4) is 0 Å². The fourth-order valence-corrected chi connectivity index (χ4v) is 2.20. The summed E-state index contributed by atoms with van der Waals surface area (Å²) in [5.41, 5.74) is 5.17. The molecular weight excluding hydrogens is 270 g/mol. The molecular formula is C11H21N3O4S. The van der Waals surface area contributed by atoms with Gasteiger partial charge in [0.15, 0.2) is 0 Å². The lowest BCUT2D eigenvalue weighted by atomic mass is 10.1. The predicted molar refractivity (Wildman–Crippen MR) is 70.2 cm³/mol. The second-order valence-electron chi connectivity index (χ2n) is 4.92. The van der Waals surface area contributed by atoms with Gasteiger partial charge < -0.3 is 15.0 Å². The molecule has 2 N–H and O–H groups in total. The molecule has 0 aliphatic rings. The molecule has 1 rings (SSSR count). The number of aromatic nitrogens is 2. The summed E-state index contributed by atoms with van der Waals surface area (Å²) in [5.74, 6) is 0.617. The molecule has 1 aromatic rings. The van der Waals surface area contributed by atoms with E-state index in [-0.39, 0.29) is 18.1 Å². The SMILES string of the molecule is CCOC(C)(C)c1noc(C(N)CCS(C)(=O)=O)n1. The average molecular weight is 291 g/mol. The van der Waals surface area contributed by atoms with Gasteiger partial charge in [0, 0.05) is 12.9 Å². The van der Waals surface area contributed by atoms with Crippen LogP contribution in [0, 0.1) is 0 Å². The van der Waals surface area contributed by atoms with E-state index in [2.05, 4.69) is 10.1 Å². The molecule has 7 nitrogen and oxygen atoms in total. The third-order valence-corrected chi connectivity index (χ3v) is 3.58. The van der Waals surface area contributed by atoms with Crippen molar-refractivity contribution in [2.45, 2.75) is 38.8 Å². The van der Waals surface area contributed by atoms with Crippen molar-refractivity contribution in [2.24, 2.45) is 5.73 Å². The van der Waals surface area contributed by atoms with Gasteiger partial charge >= 0.3 is 0 Å². The molecule has 1 aromatic heterocycles. The van der Waals surface area contributed by atoms with Gasteiger partial charge in [-0.3, -0.25) is 0 Å². The zero-order chi connectivity index (χ0) is 14.7. The molecule has 1 unspecified atom stereocenters. The number of sulfone groups is 1. The normalized spacial score (nSPS) is 14.6. The predicted octanol–water partition coefficient (Wildman–Crippen LogP) is 0.776. The van der Waals surface area contributed by atoms with Gasteiger partial charge in [-0.25, -0.2) is 8.42 Å². The van der Waals surface area contributed by atoms with Crippen LogP contribution in [0.3, 0.4) is 0 Å². The standard InChI is InChI=1S/C11H21N3O4S/c1-5-17-11(2,3)10-13-9(18-14-10)8(12)6-7-19(4,15)16/h8H,5-7,12H2,1-4H3. The van der Waals surface area contributed by atoms with Crippen molar-refractivity contribution in [3.63, 3.8) is 0 Å². The van der Waals surface area contributed by atoms with Gasteiger partial charge in [-0.1, -0.05) is 5.16 Å². The van der Waals surface area contributed by atoms with E-state index in [0.29, 0.717) is 12.4 Å². The average Bonchev–Trinajstić information content (AvgIpc) is 2.74. The molecule has 0 saturated heterocycles. The third-order valence-electron chi connectivity index (χ3n) is 2.60. The molecule has 19 heavy (non-hydrogen) atoms. The molecule has 0 aliphatic heterocycles. The lowest BCUT2D eigenvalue weighted by Gasteiger charge is -2.19. The molecule has 0 bridgehead atoms. The van der Waals surface area contributed by atoms with Crippen LogP contribution in [0.5, 0.6) is 0 Å². The van der Waals surface area contributed by atoms with E-state index >= 15 is 0 Å². The summed E-state index contributed by atoms with van der Waals surface area (Å²) < 4.78 is 32.7. The van der Waals surface area contributed by atoms with Crippen molar-refractivity contribution < 1.29 is 17.7 Å². The summed E-state index contributed by atoms with van der Waals surface area (Å²) in [6.07, 6.45) is 1.41. The minimum atomic E-state index is -3.05. The smallest absolute Gasteiger partial charge is 0.243 e. The molecule has 0 aromatic carbocycles.